The van der Waals surface area contributed by atoms with Crippen molar-refractivity contribution < 1.29 is 4.74 Å². The molecule has 0 aromatic carbocycles. The summed E-state index contributed by atoms with van der Waals surface area (Å²) in [5, 5.41) is 3.09. The number of allylic oxidation sites excluding steroid dienone is 1. The number of rotatable bonds is 0. The zero-order valence-electron chi connectivity index (χ0n) is 6.75. The van der Waals surface area contributed by atoms with E-state index < -0.39 is 0 Å². The third-order valence-electron chi connectivity index (χ3n) is 1.57. The average Bonchev–Trinajstić information content (AvgIpc) is 2.08. The maximum absolute atomic E-state index is 5.19. The molecule has 11 heavy (non-hydrogen) atoms. The standard InChI is InChI=1S/C9H15NO/c1-2-4-6-10-7-9-11-8-5-3-1/h2,4,7,9-10H,1,3,5-6,8H2/b4-2-,9-7-. The normalized spacial score (nSPS) is 25.5. The lowest BCUT2D eigenvalue weighted by Crippen LogP contribution is -2.03. The van der Waals surface area contributed by atoms with Gasteiger partial charge in [0.2, 0.25) is 0 Å². The zero-order chi connectivity index (χ0) is 7.78. The third-order valence-corrected chi connectivity index (χ3v) is 1.57. The molecule has 0 bridgehead atoms. The number of hydrogen-bond donors (Lipinski definition) is 1. The van der Waals surface area contributed by atoms with Gasteiger partial charge in [-0.05, 0) is 19.3 Å². The van der Waals surface area contributed by atoms with E-state index in [1.807, 2.05) is 6.20 Å². The summed E-state index contributed by atoms with van der Waals surface area (Å²) in [6.45, 7) is 1.74. The van der Waals surface area contributed by atoms with Crippen LogP contribution in [0.1, 0.15) is 19.3 Å². The van der Waals surface area contributed by atoms with Gasteiger partial charge in [0.25, 0.3) is 0 Å². The highest BCUT2D eigenvalue weighted by molar-refractivity contribution is 4.86. The minimum Gasteiger partial charge on any atom is -0.500 e. The summed E-state index contributed by atoms with van der Waals surface area (Å²) in [7, 11) is 0. The molecular formula is C9H15NO. The molecule has 1 N–H and O–H groups in total. The second-order valence-electron chi connectivity index (χ2n) is 2.55. The molecule has 1 aliphatic rings. The highest BCUT2D eigenvalue weighted by Crippen LogP contribution is 1.97. The van der Waals surface area contributed by atoms with Crippen LogP contribution in [0.3, 0.4) is 0 Å². The lowest BCUT2D eigenvalue weighted by molar-refractivity contribution is 0.241. The SMILES string of the molecule is C1=C\CN/C=C\OCCCC/1. The Morgan fingerprint density at radius 3 is 3.18 bits per heavy atom. The topological polar surface area (TPSA) is 21.3 Å². The predicted molar refractivity (Wildman–Crippen MR) is 46.1 cm³/mol. The molecule has 0 radical (unpaired) electrons. The lowest BCUT2D eigenvalue weighted by Gasteiger charge is -1.97. The van der Waals surface area contributed by atoms with Gasteiger partial charge in [-0.15, -0.1) is 0 Å². The quantitative estimate of drug-likeness (QED) is 0.536. The number of hydrogen-bond acceptors (Lipinski definition) is 2. The molecule has 62 valence electrons. The molecule has 0 aromatic heterocycles. The smallest absolute Gasteiger partial charge is 0.0985 e. The van der Waals surface area contributed by atoms with Gasteiger partial charge in [0.05, 0.1) is 12.9 Å². The van der Waals surface area contributed by atoms with E-state index in [4.69, 9.17) is 4.74 Å². The van der Waals surface area contributed by atoms with E-state index in [-0.39, 0.29) is 0 Å². The van der Waals surface area contributed by atoms with Crippen LogP contribution in [0.5, 0.6) is 0 Å². The van der Waals surface area contributed by atoms with Gasteiger partial charge in [-0.2, -0.15) is 0 Å². The maximum atomic E-state index is 5.19. The Balaban J connectivity index is 2.22. The van der Waals surface area contributed by atoms with Crippen LogP contribution in [0.25, 0.3) is 0 Å². The first-order valence-corrected chi connectivity index (χ1v) is 4.15. The van der Waals surface area contributed by atoms with Gasteiger partial charge in [0.1, 0.15) is 0 Å². The van der Waals surface area contributed by atoms with Crippen LogP contribution in [0.4, 0.5) is 0 Å². The van der Waals surface area contributed by atoms with Crippen molar-refractivity contribution in [2.75, 3.05) is 13.2 Å². The van der Waals surface area contributed by atoms with Crippen LogP contribution in [0, 0.1) is 0 Å². The van der Waals surface area contributed by atoms with Crippen molar-refractivity contribution in [1.82, 2.24) is 5.32 Å². The van der Waals surface area contributed by atoms with Crippen molar-refractivity contribution in [2.24, 2.45) is 0 Å². The van der Waals surface area contributed by atoms with Crippen molar-refractivity contribution >= 4 is 0 Å². The van der Waals surface area contributed by atoms with Crippen molar-refractivity contribution in [1.29, 1.82) is 0 Å². The first-order valence-electron chi connectivity index (χ1n) is 4.15. The van der Waals surface area contributed by atoms with Crippen molar-refractivity contribution in [3.8, 4) is 0 Å². The van der Waals surface area contributed by atoms with Gasteiger partial charge < -0.3 is 10.1 Å². The molecule has 0 unspecified atom stereocenters. The van der Waals surface area contributed by atoms with Gasteiger partial charge in [0, 0.05) is 12.7 Å². The fraction of sp³-hybridized carbons (Fsp3) is 0.556. The molecule has 0 saturated heterocycles. The molecule has 0 amide bonds. The summed E-state index contributed by atoms with van der Waals surface area (Å²) >= 11 is 0. The summed E-state index contributed by atoms with van der Waals surface area (Å²) in [6, 6.07) is 0. The predicted octanol–water partition coefficient (Wildman–Crippen LogP) is 1.80. The van der Waals surface area contributed by atoms with Gasteiger partial charge in [-0.3, -0.25) is 0 Å². The highest BCUT2D eigenvalue weighted by Gasteiger charge is 1.86. The van der Waals surface area contributed by atoms with Crippen molar-refractivity contribution in [2.45, 2.75) is 19.3 Å². The molecular weight excluding hydrogens is 138 g/mol. The molecule has 0 aromatic rings. The monoisotopic (exact) mass is 153 g/mol. The Labute approximate surface area is 67.9 Å². The molecule has 0 aliphatic carbocycles. The summed E-state index contributed by atoms with van der Waals surface area (Å²) in [5.74, 6) is 0. The Hall–Kier alpha value is -0.920. The maximum Gasteiger partial charge on any atom is 0.0985 e. The van der Waals surface area contributed by atoms with Crippen LogP contribution in [-0.4, -0.2) is 13.2 Å². The molecule has 1 heterocycles. The van der Waals surface area contributed by atoms with Gasteiger partial charge in [-0.1, -0.05) is 12.2 Å². The van der Waals surface area contributed by atoms with E-state index in [0.29, 0.717) is 0 Å². The third kappa shape index (κ3) is 4.48. The minimum atomic E-state index is 0.839. The first kappa shape index (κ1) is 8.18. The van der Waals surface area contributed by atoms with E-state index >= 15 is 0 Å². The van der Waals surface area contributed by atoms with Gasteiger partial charge in [0.15, 0.2) is 0 Å². The van der Waals surface area contributed by atoms with Crippen LogP contribution >= 0.6 is 0 Å². The highest BCUT2D eigenvalue weighted by atomic mass is 16.5. The molecule has 0 fully saturated rings. The lowest BCUT2D eigenvalue weighted by atomic mass is 10.2. The summed E-state index contributed by atoms with van der Waals surface area (Å²) in [5.41, 5.74) is 0. The summed E-state index contributed by atoms with van der Waals surface area (Å²) < 4.78 is 5.19. The molecule has 1 aliphatic heterocycles. The molecule has 0 spiro atoms. The van der Waals surface area contributed by atoms with E-state index in [2.05, 4.69) is 17.5 Å². The van der Waals surface area contributed by atoms with Crippen LogP contribution in [0.15, 0.2) is 24.6 Å². The molecule has 1 rings (SSSR count). The van der Waals surface area contributed by atoms with Crippen LogP contribution in [0.2, 0.25) is 0 Å². The summed E-state index contributed by atoms with van der Waals surface area (Å²) in [6.07, 6.45) is 11.5. The van der Waals surface area contributed by atoms with Crippen LogP contribution in [-0.2, 0) is 4.74 Å². The first-order chi connectivity index (χ1) is 5.50. The second-order valence-corrected chi connectivity index (χ2v) is 2.55. The molecule has 2 heteroatoms. The number of nitrogens with one attached hydrogen (secondary N) is 1. The zero-order valence-corrected chi connectivity index (χ0v) is 6.75. The molecule has 0 saturated carbocycles. The van der Waals surface area contributed by atoms with E-state index in [1.54, 1.807) is 6.26 Å². The van der Waals surface area contributed by atoms with E-state index in [0.717, 1.165) is 19.6 Å². The minimum absolute atomic E-state index is 0.839. The molecule has 2 nitrogen and oxygen atoms in total. The second kappa shape index (κ2) is 5.83. The largest absolute Gasteiger partial charge is 0.500 e. The van der Waals surface area contributed by atoms with Crippen molar-refractivity contribution in [3.05, 3.63) is 24.6 Å². The number of ether oxygens (including phenoxy) is 1. The van der Waals surface area contributed by atoms with Crippen molar-refractivity contribution in [3.63, 3.8) is 0 Å². The van der Waals surface area contributed by atoms with Crippen LogP contribution < -0.4 is 5.32 Å². The molecule has 0 atom stereocenters. The van der Waals surface area contributed by atoms with E-state index in [1.165, 1.54) is 12.8 Å². The van der Waals surface area contributed by atoms with Gasteiger partial charge >= 0.3 is 0 Å². The Bertz CT molecular complexity index is 124. The summed E-state index contributed by atoms with van der Waals surface area (Å²) in [4.78, 5) is 0. The fourth-order valence-corrected chi connectivity index (χ4v) is 0.949. The Kier molecular flexibility index (Phi) is 4.34. The fourth-order valence-electron chi connectivity index (χ4n) is 0.949. The van der Waals surface area contributed by atoms with Gasteiger partial charge in [-0.25, -0.2) is 0 Å². The Morgan fingerprint density at radius 1 is 1.18 bits per heavy atom. The van der Waals surface area contributed by atoms with E-state index in [9.17, 15) is 0 Å². The average molecular weight is 153 g/mol. The Morgan fingerprint density at radius 2 is 2.18 bits per heavy atom.